The number of rotatable bonds is 4. The van der Waals surface area contributed by atoms with Gasteiger partial charge in [0.25, 0.3) is 7.37 Å². The predicted molar refractivity (Wildman–Crippen MR) is 64.0 cm³/mol. The van der Waals surface area contributed by atoms with Crippen LogP contribution in [0.15, 0.2) is 36.4 Å². The summed E-state index contributed by atoms with van der Waals surface area (Å²) in [7, 11) is -3.13. The summed E-state index contributed by atoms with van der Waals surface area (Å²) < 4.78 is 17.4. The number of hydrogen-bond donors (Lipinski definition) is 0. The van der Waals surface area contributed by atoms with Crippen LogP contribution >= 0.6 is 7.37 Å². The third-order valence-corrected chi connectivity index (χ3v) is 4.36. The van der Waals surface area contributed by atoms with Gasteiger partial charge in [-0.15, -0.1) is 0 Å². The minimum absolute atomic E-state index is 0.240. The SMILES string of the molecule is C=C(C)C(=O)OP(=O)(CC)c1[c]cccc1. The predicted octanol–water partition coefficient (Wildman–Crippen LogP) is 2.53. The van der Waals surface area contributed by atoms with E-state index < -0.39 is 13.3 Å². The quantitative estimate of drug-likeness (QED) is 0.597. The molecule has 0 amide bonds. The molecule has 1 unspecified atom stereocenters. The van der Waals surface area contributed by atoms with Crippen molar-refractivity contribution in [2.45, 2.75) is 13.8 Å². The van der Waals surface area contributed by atoms with E-state index in [0.29, 0.717) is 5.30 Å². The highest BCUT2D eigenvalue weighted by atomic mass is 31.2. The van der Waals surface area contributed by atoms with Crippen molar-refractivity contribution in [3.05, 3.63) is 42.5 Å². The van der Waals surface area contributed by atoms with Crippen LogP contribution in [-0.2, 0) is 13.9 Å². The maximum absolute atomic E-state index is 12.4. The van der Waals surface area contributed by atoms with E-state index in [1.54, 1.807) is 31.2 Å². The normalized spacial score (nSPS) is 13.9. The summed E-state index contributed by atoms with van der Waals surface area (Å²) in [6, 6.07) is 9.63. The van der Waals surface area contributed by atoms with Gasteiger partial charge in [0.1, 0.15) is 0 Å². The zero-order chi connectivity index (χ0) is 12.2. The third kappa shape index (κ3) is 2.83. The first-order chi connectivity index (χ1) is 7.49. The van der Waals surface area contributed by atoms with E-state index in [1.807, 2.05) is 0 Å². The van der Waals surface area contributed by atoms with Crippen LogP contribution in [0, 0.1) is 6.07 Å². The highest BCUT2D eigenvalue weighted by molar-refractivity contribution is 7.67. The largest absolute Gasteiger partial charge is 0.405 e. The van der Waals surface area contributed by atoms with Gasteiger partial charge in [-0.1, -0.05) is 31.7 Å². The molecule has 0 saturated heterocycles. The molecule has 85 valence electrons. The molecule has 0 bridgehead atoms. The van der Waals surface area contributed by atoms with Gasteiger partial charge in [0.05, 0.1) is 5.30 Å². The van der Waals surface area contributed by atoms with Gasteiger partial charge in [-0.3, -0.25) is 4.57 Å². The molecular weight excluding hydrogens is 223 g/mol. The second-order valence-electron chi connectivity index (χ2n) is 3.40. The number of benzene rings is 1. The summed E-state index contributed by atoms with van der Waals surface area (Å²) in [6.07, 6.45) is 0.256. The molecule has 3 nitrogen and oxygen atoms in total. The topological polar surface area (TPSA) is 43.4 Å². The number of carbonyl (C=O) groups is 1. The van der Waals surface area contributed by atoms with Crippen molar-refractivity contribution in [2.24, 2.45) is 0 Å². The molecule has 4 heteroatoms. The average Bonchev–Trinajstić information content (AvgIpc) is 2.29. The molecule has 1 atom stereocenters. The Kier molecular flexibility index (Phi) is 4.08. The van der Waals surface area contributed by atoms with Crippen LogP contribution in [0.4, 0.5) is 0 Å². The van der Waals surface area contributed by atoms with Crippen molar-refractivity contribution in [1.29, 1.82) is 0 Å². The molecule has 0 saturated carbocycles. The fraction of sp³-hybridized carbons (Fsp3) is 0.250. The maximum atomic E-state index is 12.4. The minimum atomic E-state index is -3.13. The lowest BCUT2D eigenvalue weighted by molar-refractivity contribution is -0.129. The van der Waals surface area contributed by atoms with Gasteiger partial charge in [0.2, 0.25) is 0 Å². The lowest BCUT2D eigenvalue weighted by Crippen LogP contribution is -2.14. The highest BCUT2D eigenvalue weighted by Gasteiger charge is 2.27. The monoisotopic (exact) mass is 237 g/mol. The van der Waals surface area contributed by atoms with Crippen molar-refractivity contribution in [1.82, 2.24) is 0 Å². The Morgan fingerprint density at radius 2 is 2.25 bits per heavy atom. The third-order valence-electron chi connectivity index (χ3n) is 2.05. The Morgan fingerprint density at radius 3 is 2.69 bits per heavy atom. The van der Waals surface area contributed by atoms with Crippen molar-refractivity contribution in [3.8, 4) is 0 Å². The molecule has 1 aromatic rings. The first-order valence-electron chi connectivity index (χ1n) is 4.95. The van der Waals surface area contributed by atoms with Crippen LogP contribution in [0.5, 0.6) is 0 Å². The van der Waals surface area contributed by atoms with Crippen LogP contribution < -0.4 is 5.30 Å². The molecular formula is C12H14O3P. The van der Waals surface area contributed by atoms with Crippen LogP contribution in [0.3, 0.4) is 0 Å². The van der Waals surface area contributed by atoms with Gasteiger partial charge in [0.15, 0.2) is 0 Å². The highest BCUT2D eigenvalue weighted by Crippen LogP contribution is 2.45. The lowest BCUT2D eigenvalue weighted by Gasteiger charge is -2.16. The fourth-order valence-electron chi connectivity index (χ4n) is 1.09. The molecule has 0 fully saturated rings. The van der Waals surface area contributed by atoms with E-state index in [1.165, 1.54) is 6.92 Å². The van der Waals surface area contributed by atoms with Gasteiger partial charge in [-0.05, 0) is 19.1 Å². The fourth-order valence-corrected chi connectivity index (χ4v) is 2.67. The van der Waals surface area contributed by atoms with E-state index in [9.17, 15) is 9.36 Å². The lowest BCUT2D eigenvalue weighted by atomic mass is 10.4. The molecule has 0 N–H and O–H groups in total. The van der Waals surface area contributed by atoms with Crippen molar-refractivity contribution in [3.63, 3.8) is 0 Å². The standard InChI is InChI=1S/C12H14O3P/c1-4-16(14,15-12(13)10(2)3)11-8-6-5-7-9-11/h5-8H,2,4H2,1,3H3. The molecule has 0 aliphatic heterocycles. The van der Waals surface area contributed by atoms with Crippen molar-refractivity contribution < 1.29 is 13.9 Å². The van der Waals surface area contributed by atoms with Gasteiger partial charge in [-0.25, -0.2) is 4.79 Å². The van der Waals surface area contributed by atoms with Gasteiger partial charge in [-0.2, -0.15) is 0 Å². The van der Waals surface area contributed by atoms with Crippen molar-refractivity contribution in [2.75, 3.05) is 6.16 Å². The minimum Gasteiger partial charge on any atom is -0.405 e. The second-order valence-corrected chi connectivity index (χ2v) is 6.04. The summed E-state index contributed by atoms with van der Waals surface area (Å²) in [5.41, 5.74) is 0.240. The second kappa shape index (κ2) is 5.13. The summed E-state index contributed by atoms with van der Waals surface area (Å²) in [6.45, 7) is 6.70. The Labute approximate surface area is 95.6 Å². The zero-order valence-electron chi connectivity index (χ0n) is 9.40. The zero-order valence-corrected chi connectivity index (χ0v) is 10.3. The Hall–Kier alpha value is -1.34. The van der Waals surface area contributed by atoms with Crippen LogP contribution in [0.2, 0.25) is 0 Å². The maximum Gasteiger partial charge on any atom is 0.338 e. The van der Waals surface area contributed by atoms with Crippen LogP contribution in [0.1, 0.15) is 13.8 Å². The molecule has 0 aliphatic rings. The molecule has 0 heterocycles. The molecule has 1 aromatic carbocycles. The Morgan fingerprint density at radius 1 is 1.56 bits per heavy atom. The summed E-state index contributed by atoms with van der Waals surface area (Å²) in [5, 5.41) is 0.437. The Bertz CT molecular complexity index is 437. The molecule has 0 spiro atoms. The molecule has 1 rings (SSSR count). The smallest absolute Gasteiger partial charge is 0.338 e. The van der Waals surface area contributed by atoms with Crippen molar-refractivity contribution >= 4 is 18.6 Å². The van der Waals surface area contributed by atoms with E-state index in [0.717, 1.165) is 0 Å². The summed E-state index contributed by atoms with van der Waals surface area (Å²) >= 11 is 0. The first-order valence-corrected chi connectivity index (χ1v) is 6.76. The average molecular weight is 237 g/mol. The van der Waals surface area contributed by atoms with Crippen LogP contribution in [-0.4, -0.2) is 12.1 Å². The van der Waals surface area contributed by atoms with E-state index in [4.69, 9.17) is 4.52 Å². The molecule has 1 radical (unpaired) electrons. The molecule has 0 aliphatic carbocycles. The molecule has 0 aromatic heterocycles. The van der Waals surface area contributed by atoms with Crippen LogP contribution in [0.25, 0.3) is 0 Å². The Balaban J connectivity index is 3.00. The summed E-state index contributed by atoms with van der Waals surface area (Å²) in [4.78, 5) is 11.4. The van der Waals surface area contributed by atoms with E-state index >= 15 is 0 Å². The van der Waals surface area contributed by atoms with Gasteiger partial charge < -0.3 is 4.52 Å². The van der Waals surface area contributed by atoms with E-state index in [2.05, 4.69) is 12.6 Å². The van der Waals surface area contributed by atoms with Gasteiger partial charge in [0, 0.05) is 11.7 Å². The van der Waals surface area contributed by atoms with E-state index in [-0.39, 0.29) is 11.7 Å². The summed E-state index contributed by atoms with van der Waals surface area (Å²) in [5.74, 6) is -0.623. The van der Waals surface area contributed by atoms with Gasteiger partial charge >= 0.3 is 5.97 Å². The first kappa shape index (κ1) is 12.7. The number of hydrogen-bond acceptors (Lipinski definition) is 3. The number of carbonyl (C=O) groups excluding carboxylic acids is 1. The molecule has 16 heavy (non-hydrogen) atoms.